The van der Waals surface area contributed by atoms with Crippen LogP contribution in [0.3, 0.4) is 0 Å². The summed E-state index contributed by atoms with van der Waals surface area (Å²) in [6, 6.07) is 0. The minimum Gasteiger partial charge on any atom is -0.0625 e. The van der Waals surface area contributed by atoms with Crippen molar-refractivity contribution in [3.63, 3.8) is 0 Å². The summed E-state index contributed by atoms with van der Waals surface area (Å²) in [7, 11) is 0. The van der Waals surface area contributed by atoms with Gasteiger partial charge in [0.25, 0.3) is 0 Å². The topological polar surface area (TPSA) is 0 Å². The van der Waals surface area contributed by atoms with Gasteiger partial charge in [0.1, 0.15) is 0 Å². The van der Waals surface area contributed by atoms with E-state index in [0.717, 1.165) is 11.8 Å². The van der Waals surface area contributed by atoms with E-state index in [9.17, 15) is 0 Å². The van der Waals surface area contributed by atoms with E-state index < -0.39 is 0 Å². The molecule has 0 amide bonds. The Kier molecular flexibility index (Phi) is 3.24. The average molecular weight is 140 g/mol. The summed E-state index contributed by atoms with van der Waals surface area (Å²) < 4.78 is 0. The fraction of sp³-hybridized carbons (Fsp3) is 1.00. The van der Waals surface area contributed by atoms with E-state index >= 15 is 0 Å². The van der Waals surface area contributed by atoms with Gasteiger partial charge in [-0.15, -0.1) is 0 Å². The molecule has 0 unspecified atom stereocenters. The molecule has 0 radical (unpaired) electrons. The third-order valence-corrected chi connectivity index (χ3v) is 2.80. The van der Waals surface area contributed by atoms with Gasteiger partial charge in [0.15, 0.2) is 0 Å². The maximum Gasteiger partial charge on any atom is -0.0443 e. The zero-order valence-electron chi connectivity index (χ0n) is 7.40. The van der Waals surface area contributed by atoms with Crippen molar-refractivity contribution in [3.8, 4) is 0 Å². The molecule has 1 aliphatic rings. The smallest absolute Gasteiger partial charge is 0.0443 e. The molecule has 10 heavy (non-hydrogen) atoms. The summed E-state index contributed by atoms with van der Waals surface area (Å²) >= 11 is 0. The summed E-state index contributed by atoms with van der Waals surface area (Å²) in [5.74, 6) is 2.01. The van der Waals surface area contributed by atoms with Crippen LogP contribution in [-0.2, 0) is 0 Å². The molecule has 1 saturated carbocycles. The predicted molar refractivity (Wildman–Crippen MR) is 46.0 cm³/mol. The van der Waals surface area contributed by atoms with Crippen LogP contribution in [0.25, 0.3) is 0 Å². The summed E-state index contributed by atoms with van der Waals surface area (Å²) in [5, 5.41) is 0. The Labute approximate surface area is 65.0 Å². The molecule has 0 spiro atoms. The Balaban J connectivity index is 2.23. The Morgan fingerprint density at radius 3 is 1.50 bits per heavy atom. The minimum atomic E-state index is 1.00. The van der Waals surface area contributed by atoms with Crippen LogP contribution in [0.4, 0.5) is 0 Å². The molecule has 0 heterocycles. The Morgan fingerprint density at radius 2 is 1.10 bits per heavy atom. The standard InChI is InChI=1S/C10H20/c1-9-5-3-4-6-10(2)8-7-9/h9-10H,3-8H2,1-2H3/t9-,10-/m1/s1. The van der Waals surface area contributed by atoms with Crippen molar-refractivity contribution < 1.29 is 0 Å². The largest absolute Gasteiger partial charge is 0.0625 e. The van der Waals surface area contributed by atoms with Crippen molar-refractivity contribution in [2.45, 2.75) is 52.4 Å². The van der Waals surface area contributed by atoms with Gasteiger partial charge in [0.2, 0.25) is 0 Å². The lowest BCUT2D eigenvalue weighted by molar-refractivity contribution is 0.342. The highest BCUT2D eigenvalue weighted by molar-refractivity contribution is 4.63. The highest BCUT2D eigenvalue weighted by atomic mass is 14.2. The van der Waals surface area contributed by atoms with Gasteiger partial charge >= 0.3 is 0 Å². The highest BCUT2D eigenvalue weighted by Gasteiger charge is 2.10. The summed E-state index contributed by atoms with van der Waals surface area (Å²) in [6.45, 7) is 4.80. The molecule has 0 heteroatoms. The van der Waals surface area contributed by atoms with E-state index in [4.69, 9.17) is 0 Å². The zero-order valence-corrected chi connectivity index (χ0v) is 7.40. The predicted octanol–water partition coefficient (Wildman–Crippen LogP) is 3.61. The first-order valence-corrected chi connectivity index (χ1v) is 4.79. The molecule has 0 aliphatic heterocycles. The average Bonchev–Trinajstić information content (AvgIpc) is 1.90. The minimum absolute atomic E-state index is 1.00. The maximum atomic E-state index is 2.40. The lowest BCUT2D eigenvalue weighted by atomic mass is 9.87. The second-order valence-corrected chi connectivity index (χ2v) is 4.07. The molecule has 0 N–H and O–H groups in total. The lowest BCUT2D eigenvalue weighted by Crippen LogP contribution is -2.04. The van der Waals surface area contributed by atoms with E-state index in [-0.39, 0.29) is 0 Å². The van der Waals surface area contributed by atoms with Crippen molar-refractivity contribution in [3.05, 3.63) is 0 Å². The Morgan fingerprint density at radius 1 is 0.700 bits per heavy atom. The number of hydrogen-bond acceptors (Lipinski definition) is 0. The van der Waals surface area contributed by atoms with Gasteiger partial charge in [0.05, 0.1) is 0 Å². The van der Waals surface area contributed by atoms with Gasteiger partial charge in [-0.2, -0.15) is 0 Å². The third kappa shape index (κ3) is 2.72. The Bertz CT molecular complexity index is 74.0. The van der Waals surface area contributed by atoms with Crippen molar-refractivity contribution >= 4 is 0 Å². The van der Waals surface area contributed by atoms with E-state index in [0.29, 0.717) is 0 Å². The SMILES string of the molecule is C[C@@H]1CCCC[C@@H](C)CC1. The summed E-state index contributed by atoms with van der Waals surface area (Å²) in [5.41, 5.74) is 0. The van der Waals surface area contributed by atoms with E-state index in [2.05, 4.69) is 13.8 Å². The van der Waals surface area contributed by atoms with Crippen LogP contribution in [0.15, 0.2) is 0 Å². The van der Waals surface area contributed by atoms with Crippen LogP contribution in [0.2, 0.25) is 0 Å². The van der Waals surface area contributed by atoms with E-state index in [1.165, 1.54) is 38.5 Å². The number of rotatable bonds is 0. The monoisotopic (exact) mass is 140 g/mol. The molecule has 60 valence electrons. The molecule has 0 aromatic carbocycles. The van der Waals surface area contributed by atoms with Crippen molar-refractivity contribution in [2.75, 3.05) is 0 Å². The fourth-order valence-electron chi connectivity index (χ4n) is 1.84. The Hall–Kier alpha value is 0. The molecular weight excluding hydrogens is 120 g/mol. The van der Waals surface area contributed by atoms with Crippen LogP contribution in [0.1, 0.15) is 52.4 Å². The van der Waals surface area contributed by atoms with Gasteiger partial charge < -0.3 is 0 Å². The van der Waals surface area contributed by atoms with E-state index in [1.54, 1.807) is 0 Å². The molecule has 1 aliphatic carbocycles. The van der Waals surface area contributed by atoms with Crippen LogP contribution in [0.5, 0.6) is 0 Å². The first-order valence-electron chi connectivity index (χ1n) is 4.79. The summed E-state index contributed by atoms with van der Waals surface area (Å²) in [6.07, 6.45) is 8.86. The molecule has 1 rings (SSSR count). The van der Waals surface area contributed by atoms with Crippen LogP contribution in [-0.4, -0.2) is 0 Å². The second kappa shape index (κ2) is 4.00. The van der Waals surface area contributed by atoms with Crippen LogP contribution < -0.4 is 0 Å². The molecule has 2 atom stereocenters. The van der Waals surface area contributed by atoms with Crippen LogP contribution in [0, 0.1) is 11.8 Å². The fourth-order valence-corrected chi connectivity index (χ4v) is 1.84. The maximum absolute atomic E-state index is 2.40. The van der Waals surface area contributed by atoms with Gasteiger partial charge in [-0.1, -0.05) is 52.4 Å². The lowest BCUT2D eigenvalue weighted by Gasteiger charge is -2.19. The quantitative estimate of drug-likeness (QED) is 0.482. The van der Waals surface area contributed by atoms with Gasteiger partial charge in [-0.25, -0.2) is 0 Å². The summed E-state index contributed by atoms with van der Waals surface area (Å²) in [4.78, 5) is 0. The molecule has 0 aromatic heterocycles. The number of hydrogen-bond donors (Lipinski definition) is 0. The van der Waals surface area contributed by atoms with Crippen molar-refractivity contribution in [1.29, 1.82) is 0 Å². The normalized spacial score (nSPS) is 36.6. The molecular formula is C10H20. The second-order valence-electron chi connectivity index (χ2n) is 4.07. The first-order chi connectivity index (χ1) is 4.79. The molecule has 0 saturated heterocycles. The van der Waals surface area contributed by atoms with Crippen molar-refractivity contribution in [2.24, 2.45) is 11.8 Å². The van der Waals surface area contributed by atoms with Gasteiger partial charge in [-0.05, 0) is 11.8 Å². The van der Waals surface area contributed by atoms with Gasteiger partial charge in [-0.3, -0.25) is 0 Å². The first kappa shape index (κ1) is 8.10. The third-order valence-electron chi connectivity index (χ3n) is 2.80. The van der Waals surface area contributed by atoms with Gasteiger partial charge in [0, 0.05) is 0 Å². The van der Waals surface area contributed by atoms with Crippen molar-refractivity contribution in [1.82, 2.24) is 0 Å². The molecule has 1 fully saturated rings. The van der Waals surface area contributed by atoms with Crippen LogP contribution >= 0.6 is 0 Å². The molecule has 0 bridgehead atoms. The van der Waals surface area contributed by atoms with E-state index in [1.807, 2.05) is 0 Å². The highest BCUT2D eigenvalue weighted by Crippen LogP contribution is 2.24. The zero-order chi connectivity index (χ0) is 7.40. The molecule has 0 aromatic rings. The molecule has 0 nitrogen and oxygen atoms in total.